The molecule has 0 amide bonds. The number of nitrogens with zero attached hydrogens (tertiary/aromatic N) is 2. The number of hydrogen-bond acceptors (Lipinski definition) is 3. The molecule has 1 fully saturated rings. The zero-order valence-electron chi connectivity index (χ0n) is 13.3. The number of benzene rings is 1. The van der Waals surface area contributed by atoms with Gasteiger partial charge in [-0.15, -0.1) is 0 Å². The van der Waals surface area contributed by atoms with Crippen molar-refractivity contribution >= 4 is 0 Å². The number of aliphatic hydroxyl groups is 1. The van der Waals surface area contributed by atoms with Gasteiger partial charge < -0.3 is 10.0 Å². The fraction of sp³-hybridized carbons (Fsp3) is 0.647. The number of likely N-dealkylation sites (N-methyl/N-ethyl adjacent to an activating group) is 1. The third-order valence-electron chi connectivity index (χ3n) is 4.27. The van der Waals surface area contributed by atoms with Crippen molar-refractivity contribution in [2.75, 3.05) is 33.7 Å². The Balaban J connectivity index is 1.98. The summed E-state index contributed by atoms with van der Waals surface area (Å²) in [7, 11) is 4.29. The van der Waals surface area contributed by atoms with Gasteiger partial charge in [0.15, 0.2) is 0 Å². The van der Waals surface area contributed by atoms with Gasteiger partial charge in [0.1, 0.15) is 0 Å². The lowest BCUT2D eigenvalue weighted by molar-refractivity contribution is 0.0721. The monoisotopic (exact) mass is 276 g/mol. The second kappa shape index (κ2) is 6.70. The van der Waals surface area contributed by atoms with Gasteiger partial charge in [0.2, 0.25) is 0 Å². The highest BCUT2D eigenvalue weighted by Gasteiger charge is 2.23. The molecule has 0 aliphatic carbocycles. The Morgan fingerprint density at radius 1 is 1.25 bits per heavy atom. The SMILES string of the molecule is Cc1cc(C)cc(C(O)CN2CCCC(N(C)C)C2)c1. The van der Waals surface area contributed by atoms with Crippen LogP contribution in [0.5, 0.6) is 0 Å². The molecule has 1 N–H and O–H groups in total. The highest BCUT2D eigenvalue weighted by molar-refractivity contribution is 5.30. The second-order valence-electron chi connectivity index (χ2n) is 6.46. The first-order valence-electron chi connectivity index (χ1n) is 7.60. The number of hydrogen-bond donors (Lipinski definition) is 1. The molecule has 2 unspecified atom stereocenters. The van der Waals surface area contributed by atoms with Crippen LogP contribution in [-0.4, -0.2) is 54.7 Å². The second-order valence-corrected chi connectivity index (χ2v) is 6.46. The summed E-state index contributed by atoms with van der Waals surface area (Å²) in [6.07, 6.45) is 2.11. The Bertz CT molecular complexity index is 424. The zero-order valence-corrected chi connectivity index (χ0v) is 13.3. The van der Waals surface area contributed by atoms with Crippen LogP contribution in [0.2, 0.25) is 0 Å². The summed E-state index contributed by atoms with van der Waals surface area (Å²) in [4.78, 5) is 4.70. The van der Waals surface area contributed by atoms with Crippen LogP contribution >= 0.6 is 0 Å². The van der Waals surface area contributed by atoms with Gasteiger partial charge in [0, 0.05) is 19.1 Å². The van der Waals surface area contributed by atoms with E-state index in [1.165, 1.54) is 24.0 Å². The van der Waals surface area contributed by atoms with Crippen molar-refractivity contribution in [2.24, 2.45) is 0 Å². The maximum Gasteiger partial charge on any atom is 0.0917 e. The van der Waals surface area contributed by atoms with Gasteiger partial charge >= 0.3 is 0 Å². The number of aryl methyl sites for hydroxylation is 2. The third kappa shape index (κ3) is 4.05. The molecule has 0 bridgehead atoms. The van der Waals surface area contributed by atoms with E-state index in [1.807, 2.05) is 0 Å². The van der Waals surface area contributed by atoms with E-state index in [4.69, 9.17) is 0 Å². The van der Waals surface area contributed by atoms with Crippen molar-refractivity contribution in [3.8, 4) is 0 Å². The number of likely N-dealkylation sites (tertiary alicyclic amines) is 1. The summed E-state index contributed by atoms with van der Waals surface area (Å²) in [5.41, 5.74) is 3.50. The summed E-state index contributed by atoms with van der Waals surface area (Å²) in [6, 6.07) is 6.98. The zero-order chi connectivity index (χ0) is 14.7. The average Bonchev–Trinajstić information content (AvgIpc) is 2.37. The van der Waals surface area contributed by atoms with Gasteiger partial charge in [-0.05, 0) is 52.9 Å². The van der Waals surface area contributed by atoms with Crippen LogP contribution in [0.4, 0.5) is 0 Å². The van der Waals surface area contributed by atoms with Gasteiger partial charge in [-0.1, -0.05) is 29.3 Å². The maximum absolute atomic E-state index is 10.5. The lowest BCUT2D eigenvalue weighted by Crippen LogP contribution is -2.46. The van der Waals surface area contributed by atoms with Crippen LogP contribution < -0.4 is 0 Å². The third-order valence-corrected chi connectivity index (χ3v) is 4.27. The maximum atomic E-state index is 10.5. The van der Waals surface area contributed by atoms with Crippen molar-refractivity contribution in [3.05, 3.63) is 34.9 Å². The fourth-order valence-corrected chi connectivity index (χ4v) is 3.17. The molecule has 1 aromatic carbocycles. The molecule has 2 atom stereocenters. The van der Waals surface area contributed by atoms with E-state index in [9.17, 15) is 5.11 Å². The predicted octanol–water partition coefficient (Wildman–Crippen LogP) is 2.36. The van der Waals surface area contributed by atoms with Gasteiger partial charge in [0.05, 0.1) is 6.10 Å². The number of aliphatic hydroxyl groups excluding tert-OH is 1. The number of rotatable bonds is 4. The summed E-state index contributed by atoms with van der Waals surface area (Å²) < 4.78 is 0. The van der Waals surface area contributed by atoms with Gasteiger partial charge in [-0.3, -0.25) is 4.90 Å². The van der Waals surface area contributed by atoms with Crippen LogP contribution in [0, 0.1) is 13.8 Å². The van der Waals surface area contributed by atoms with Crippen LogP contribution in [-0.2, 0) is 0 Å². The molecule has 1 aliphatic rings. The molecule has 1 aliphatic heterocycles. The molecular formula is C17H28N2O. The molecule has 20 heavy (non-hydrogen) atoms. The predicted molar refractivity (Wildman–Crippen MR) is 84.0 cm³/mol. The Morgan fingerprint density at radius 3 is 2.50 bits per heavy atom. The minimum Gasteiger partial charge on any atom is -0.387 e. The smallest absolute Gasteiger partial charge is 0.0917 e. The van der Waals surface area contributed by atoms with E-state index in [0.29, 0.717) is 6.04 Å². The van der Waals surface area contributed by atoms with Crippen molar-refractivity contribution in [1.29, 1.82) is 0 Å². The average molecular weight is 276 g/mol. The van der Waals surface area contributed by atoms with E-state index < -0.39 is 0 Å². The standard InChI is InChI=1S/C17H28N2O/c1-13-8-14(2)10-15(9-13)17(20)12-19-7-5-6-16(11-19)18(3)4/h8-10,16-17,20H,5-7,11-12H2,1-4H3. The van der Waals surface area contributed by atoms with E-state index >= 15 is 0 Å². The summed E-state index contributed by atoms with van der Waals surface area (Å²) in [5, 5.41) is 10.5. The molecule has 3 nitrogen and oxygen atoms in total. The molecule has 2 rings (SSSR count). The van der Waals surface area contributed by atoms with Crippen molar-refractivity contribution < 1.29 is 5.11 Å². The van der Waals surface area contributed by atoms with Crippen molar-refractivity contribution in [3.63, 3.8) is 0 Å². The first-order valence-corrected chi connectivity index (χ1v) is 7.60. The van der Waals surface area contributed by atoms with Crippen LogP contribution in [0.25, 0.3) is 0 Å². The largest absolute Gasteiger partial charge is 0.387 e. The minimum atomic E-state index is -0.380. The van der Waals surface area contributed by atoms with Gasteiger partial charge in [-0.2, -0.15) is 0 Å². The molecule has 0 aromatic heterocycles. The molecule has 0 saturated carbocycles. The van der Waals surface area contributed by atoms with Crippen LogP contribution in [0.1, 0.15) is 35.6 Å². The number of piperidine rings is 1. The van der Waals surface area contributed by atoms with Crippen LogP contribution in [0.15, 0.2) is 18.2 Å². The normalized spacial score (nSPS) is 22.2. The van der Waals surface area contributed by atoms with E-state index in [0.717, 1.165) is 25.2 Å². The van der Waals surface area contributed by atoms with E-state index in [1.54, 1.807) is 0 Å². The lowest BCUT2D eigenvalue weighted by atomic mass is 10.0. The highest BCUT2D eigenvalue weighted by Crippen LogP contribution is 2.21. The summed E-state index contributed by atoms with van der Waals surface area (Å²) in [6.45, 7) is 7.09. The van der Waals surface area contributed by atoms with Crippen molar-refractivity contribution in [1.82, 2.24) is 9.80 Å². The summed E-state index contributed by atoms with van der Waals surface area (Å²) in [5.74, 6) is 0. The first-order chi connectivity index (χ1) is 9.45. The molecule has 3 heteroatoms. The summed E-state index contributed by atoms with van der Waals surface area (Å²) >= 11 is 0. The van der Waals surface area contributed by atoms with Crippen LogP contribution in [0.3, 0.4) is 0 Å². The van der Waals surface area contributed by atoms with Crippen molar-refractivity contribution in [2.45, 2.75) is 38.8 Å². The molecule has 1 saturated heterocycles. The Morgan fingerprint density at radius 2 is 1.90 bits per heavy atom. The highest BCUT2D eigenvalue weighted by atomic mass is 16.3. The molecule has 1 heterocycles. The fourth-order valence-electron chi connectivity index (χ4n) is 3.17. The number of β-amino-alcohol motifs (C(OH)–C–C–N with tert-alkyl or cyclic N) is 1. The first kappa shape index (κ1) is 15.5. The Kier molecular flexibility index (Phi) is 5.19. The molecule has 0 spiro atoms. The van der Waals surface area contributed by atoms with Gasteiger partial charge in [0.25, 0.3) is 0 Å². The van der Waals surface area contributed by atoms with E-state index in [2.05, 4.69) is 55.9 Å². The van der Waals surface area contributed by atoms with E-state index in [-0.39, 0.29) is 6.10 Å². The molecular weight excluding hydrogens is 248 g/mol. The molecule has 1 aromatic rings. The lowest BCUT2D eigenvalue weighted by Gasteiger charge is -2.37. The topological polar surface area (TPSA) is 26.7 Å². The molecule has 0 radical (unpaired) electrons. The molecule has 112 valence electrons. The minimum absolute atomic E-state index is 0.380. The Hall–Kier alpha value is -0.900. The quantitative estimate of drug-likeness (QED) is 0.914. The Labute approximate surface area is 123 Å². The van der Waals surface area contributed by atoms with Gasteiger partial charge in [-0.25, -0.2) is 0 Å².